The van der Waals surface area contributed by atoms with Crippen molar-refractivity contribution < 1.29 is 57.8 Å². The summed E-state index contributed by atoms with van der Waals surface area (Å²) in [6.07, 6.45) is -8.69. The molecule has 0 radical (unpaired) electrons. The van der Waals surface area contributed by atoms with Gasteiger partial charge in [-0.3, -0.25) is 4.79 Å². The molecule has 0 amide bonds. The molecule has 0 fully saturated rings. The van der Waals surface area contributed by atoms with Crippen LogP contribution in [-0.4, -0.2) is 85.7 Å². The molecule has 28 heavy (non-hydrogen) atoms. The number of alkyl halides is 9. The zero-order chi connectivity index (χ0) is 22.8. The molecule has 0 bridgehead atoms. The molecule has 168 valence electrons. The molecule has 0 aliphatic carbocycles. The summed E-state index contributed by atoms with van der Waals surface area (Å²) in [6, 6.07) is 0. The van der Waals surface area contributed by atoms with Crippen molar-refractivity contribution in [3.8, 4) is 0 Å². The summed E-state index contributed by atoms with van der Waals surface area (Å²) in [5.41, 5.74) is 0. The third-order valence-corrected chi connectivity index (χ3v) is 5.32. The molecular weight excluding hydrogens is 439 g/mol. The average Bonchev–Trinajstić information content (AvgIpc) is 2.47. The lowest BCUT2D eigenvalue weighted by Crippen LogP contribution is -2.65. The van der Waals surface area contributed by atoms with Gasteiger partial charge < -0.3 is 10.0 Å². The first-order chi connectivity index (χ1) is 12.2. The molecule has 0 unspecified atom stereocenters. The topological polar surface area (TPSA) is 77.9 Å². The number of aliphatic carboxylic acids is 1. The zero-order valence-electron chi connectivity index (χ0n) is 14.4. The van der Waals surface area contributed by atoms with Crippen molar-refractivity contribution in [2.24, 2.45) is 0 Å². The Kier molecular flexibility index (Phi) is 8.21. The van der Waals surface area contributed by atoms with Crippen LogP contribution in [-0.2, 0) is 14.8 Å². The van der Waals surface area contributed by atoms with Crippen LogP contribution in [0.15, 0.2) is 0 Å². The van der Waals surface area contributed by atoms with Crippen LogP contribution >= 0.6 is 0 Å². The van der Waals surface area contributed by atoms with Crippen molar-refractivity contribution >= 4 is 16.0 Å². The van der Waals surface area contributed by atoms with E-state index in [2.05, 4.69) is 0 Å². The van der Waals surface area contributed by atoms with Crippen LogP contribution in [0.4, 0.5) is 39.5 Å². The lowest BCUT2D eigenvalue weighted by molar-refractivity contribution is -0.382. The SMILES string of the molecule is CN(C)CCCN(CCC(=O)O)S(=O)(=O)C(F)(F)C(F)(F)C(F)(F)C(F)(F)F. The van der Waals surface area contributed by atoms with Gasteiger partial charge in [-0.15, -0.1) is 0 Å². The highest BCUT2D eigenvalue weighted by Gasteiger charge is 2.85. The molecule has 0 atom stereocenters. The number of hydrogen-bond acceptors (Lipinski definition) is 4. The second-order valence-corrected chi connectivity index (χ2v) is 7.85. The maximum atomic E-state index is 13.8. The molecule has 0 spiro atoms. The van der Waals surface area contributed by atoms with Crippen LogP contribution in [0.25, 0.3) is 0 Å². The summed E-state index contributed by atoms with van der Waals surface area (Å²) >= 11 is 0. The van der Waals surface area contributed by atoms with E-state index >= 15 is 0 Å². The van der Waals surface area contributed by atoms with Crippen LogP contribution in [0.3, 0.4) is 0 Å². The van der Waals surface area contributed by atoms with E-state index in [9.17, 15) is 52.7 Å². The monoisotopic (exact) mass is 456 g/mol. The molecule has 16 heteroatoms. The first-order valence-corrected chi connectivity index (χ1v) is 8.74. The van der Waals surface area contributed by atoms with Crippen molar-refractivity contribution in [1.29, 1.82) is 0 Å². The number of rotatable bonds is 11. The molecule has 0 aliphatic rings. The van der Waals surface area contributed by atoms with Crippen LogP contribution in [0.5, 0.6) is 0 Å². The van der Waals surface area contributed by atoms with Gasteiger partial charge in [-0.25, -0.2) is 8.42 Å². The third-order valence-electron chi connectivity index (χ3n) is 3.37. The molecule has 0 heterocycles. The normalized spacial score (nSPS) is 14.8. The molecule has 0 saturated heterocycles. The smallest absolute Gasteiger partial charge is 0.460 e. The summed E-state index contributed by atoms with van der Waals surface area (Å²) in [5.74, 6) is -16.5. The summed E-state index contributed by atoms with van der Waals surface area (Å²) in [5, 5.41) is 1.63. The van der Waals surface area contributed by atoms with Crippen LogP contribution in [0, 0.1) is 0 Å². The van der Waals surface area contributed by atoms with E-state index in [1.807, 2.05) is 0 Å². The summed E-state index contributed by atoms with van der Waals surface area (Å²) in [4.78, 5) is 11.9. The molecule has 0 aromatic heterocycles. The van der Waals surface area contributed by atoms with E-state index in [4.69, 9.17) is 5.11 Å². The number of carbonyl (C=O) groups is 1. The van der Waals surface area contributed by atoms with Gasteiger partial charge in [0.25, 0.3) is 10.0 Å². The van der Waals surface area contributed by atoms with Gasteiger partial charge in [-0.05, 0) is 27.1 Å². The lowest BCUT2D eigenvalue weighted by atomic mass is 10.1. The Labute approximate surface area is 153 Å². The van der Waals surface area contributed by atoms with Gasteiger partial charge in [0.1, 0.15) is 0 Å². The zero-order valence-corrected chi connectivity index (χ0v) is 15.2. The highest BCUT2D eigenvalue weighted by Crippen LogP contribution is 2.55. The van der Waals surface area contributed by atoms with E-state index in [1.54, 1.807) is 0 Å². The number of carboxylic acid groups (broad SMARTS) is 1. The minimum atomic E-state index is -7.38. The van der Waals surface area contributed by atoms with Crippen LogP contribution in [0.1, 0.15) is 12.8 Å². The van der Waals surface area contributed by atoms with E-state index in [1.165, 1.54) is 19.0 Å². The molecular formula is C12H17F9N2O4S. The van der Waals surface area contributed by atoms with Crippen molar-refractivity contribution in [2.75, 3.05) is 33.7 Å². The van der Waals surface area contributed by atoms with Gasteiger partial charge >= 0.3 is 29.2 Å². The van der Waals surface area contributed by atoms with Gasteiger partial charge in [0.2, 0.25) is 0 Å². The van der Waals surface area contributed by atoms with Crippen molar-refractivity contribution in [1.82, 2.24) is 9.21 Å². The first-order valence-electron chi connectivity index (χ1n) is 7.30. The summed E-state index contributed by atoms with van der Waals surface area (Å²) in [7, 11) is -3.91. The second kappa shape index (κ2) is 8.61. The first kappa shape index (κ1) is 26.7. The van der Waals surface area contributed by atoms with Gasteiger partial charge in [-0.2, -0.15) is 43.8 Å². The fourth-order valence-corrected chi connectivity index (χ4v) is 3.30. The molecule has 0 saturated carbocycles. The Balaban J connectivity index is 6.07. The third kappa shape index (κ3) is 5.20. The Hall–Kier alpha value is -1.29. The van der Waals surface area contributed by atoms with Crippen molar-refractivity contribution in [2.45, 2.75) is 36.1 Å². The van der Waals surface area contributed by atoms with Crippen molar-refractivity contribution in [3.63, 3.8) is 0 Å². The Morgan fingerprint density at radius 2 is 1.32 bits per heavy atom. The second-order valence-electron chi connectivity index (χ2n) is 5.87. The maximum Gasteiger partial charge on any atom is 0.460 e. The molecule has 0 aliphatic heterocycles. The molecule has 0 aromatic rings. The minimum Gasteiger partial charge on any atom is -0.481 e. The van der Waals surface area contributed by atoms with Gasteiger partial charge in [0.15, 0.2) is 0 Å². The fourth-order valence-electron chi connectivity index (χ4n) is 1.82. The quantitative estimate of drug-likeness (QED) is 0.484. The van der Waals surface area contributed by atoms with E-state index < -0.39 is 63.1 Å². The number of halogens is 9. The minimum absolute atomic E-state index is 0.0141. The number of sulfonamides is 1. The fraction of sp³-hybridized carbons (Fsp3) is 0.917. The van der Waals surface area contributed by atoms with E-state index in [0.717, 1.165) is 0 Å². The van der Waals surface area contributed by atoms with Crippen LogP contribution < -0.4 is 0 Å². The Morgan fingerprint density at radius 1 is 0.857 bits per heavy atom. The number of nitrogens with zero attached hydrogens (tertiary/aromatic N) is 2. The summed E-state index contributed by atoms with van der Waals surface area (Å²) in [6.45, 7) is -2.37. The average molecular weight is 456 g/mol. The highest BCUT2D eigenvalue weighted by atomic mass is 32.2. The Morgan fingerprint density at radius 3 is 1.68 bits per heavy atom. The lowest BCUT2D eigenvalue weighted by Gasteiger charge is -2.35. The highest BCUT2D eigenvalue weighted by molar-refractivity contribution is 7.90. The van der Waals surface area contributed by atoms with Crippen LogP contribution in [0.2, 0.25) is 0 Å². The van der Waals surface area contributed by atoms with E-state index in [-0.39, 0.29) is 13.0 Å². The van der Waals surface area contributed by atoms with Crippen molar-refractivity contribution in [3.05, 3.63) is 0 Å². The standard InChI is InChI=1S/C12H17F9N2O4S/c1-22(2)5-3-6-23(7-4-8(24)25)28(26,27)12(20,21)10(15,16)9(13,14)11(17,18)19/h3-7H2,1-2H3,(H,24,25). The Bertz CT molecular complexity index is 650. The predicted molar refractivity (Wildman–Crippen MR) is 76.8 cm³/mol. The molecule has 0 rings (SSSR count). The van der Waals surface area contributed by atoms with E-state index in [0.29, 0.717) is 0 Å². The van der Waals surface area contributed by atoms with Gasteiger partial charge in [0, 0.05) is 13.1 Å². The molecule has 6 nitrogen and oxygen atoms in total. The predicted octanol–water partition coefficient (Wildman–Crippen LogP) is 2.47. The molecule has 0 aromatic carbocycles. The maximum absolute atomic E-state index is 13.8. The largest absolute Gasteiger partial charge is 0.481 e. The van der Waals surface area contributed by atoms with Gasteiger partial charge in [0.05, 0.1) is 6.42 Å². The number of hydrogen-bond donors (Lipinski definition) is 1. The van der Waals surface area contributed by atoms with Gasteiger partial charge in [-0.1, -0.05) is 0 Å². The molecule has 1 N–H and O–H groups in total. The summed E-state index contributed by atoms with van der Waals surface area (Å²) < 4.78 is 140. The number of carboxylic acids is 1.